The maximum atomic E-state index is 13.1. The van der Waals surface area contributed by atoms with Gasteiger partial charge < -0.3 is 14.6 Å². The molecule has 74 valence electrons. The normalized spacial score (nSPS) is 13.8. The summed E-state index contributed by atoms with van der Waals surface area (Å²) in [7, 11) is 0. The molecule has 1 heterocycles. The summed E-state index contributed by atoms with van der Waals surface area (Å²) >= 11 is 0. The van der Waals surface area contributed by atoms with E-state index in [-0.39, 0.29) is 18.1 Å². The maximum absolute atomic E-state index is 13.1. The van der Waals surface area contributed by atoms with Crippen molar-refractivity contribution >= 4 is 5.97 Å². The molecule has 0 saturated carbocycles. The number of fused-ring (bicyclic) bond motifs is 1. The second-order valence-corrected chi connectivity index (χ2v) is 2.75. The summed E-state index contributed by atoms with van der Waals surface area (Å²) in [5.74, 6) is -1.93. The van der Waals surface area contributed by atoms with Gasteiger partial charge in [-0.25, -0.2) is 9.18 Å². The third kappa shape index (κ3) is 1.26. The van der Waals surface area contributed by atoms with Crippen molar-refractivity contribution in [1.29, 1.82) is 0 Å². The molecule has 4 nitrogen and oxygen atoms in total. The lowest BCUT2D eigenvalue weighted by Gasteiger charge is -2.19. The van der Waals surface area contributed by atoms with Gasteiger partial charge in [0.15, 0.2) is 11.5 Å². The van der Waals surface area contributed by atoms with E-state index in [0.717, 1.165) is 6.07 Å². The van der Waals surface area contributed by atoms with Crippen molar-refractivity contribution in [2.24, 2.45) is 0 Å². The zero-order chi connectivity index (χ0) is 10.1. The number of carboxylic acids is 1. The van der Waals surface area contributed by atoms with Gasteiger partial charge in [-0.2, -0.15) is 0 Å². The fraction of sp³-hybridized carbons (Fsp3) is 0.222. The van der Waals surface area contributed by atoms with Crippen LogP contribution in [0, 0.1) is 5.82 Å². The van der Waals surface area contributed by atoms with E-state index in [0.29, 0.717) is 6.61 Å². The highest BCUT2D eigenvalue weighted by Crippen LogP contribution is 2.35. The molecule has 0 fully saturated rings. The summed E-state index contributed by atoms with van der Waals surface area (Å²) in [5.41, 5.74) is -0.470. The molecule has 0 aliphatic carbocycles. The lowest BCUT2D eigenvalue weighted by atomic mass is 10.1. The summed E-state index contributed by atoms with van der Waals surface area (Å²) < 4.78 is 23.3. The standard InChI is InChI=1S/C9H7FO4/c10-5-1-2-6-8(7(5)9(11)12)14-4-3-13-6/h1-2H,3-4H2,(H,11,12). The molecule has 0 spiro atoms. The molecule has 0 unspecified atom stereocenters. The van der Waals surface area contributed by atoms with Crippen LogP contribution in [0.5, 0.6) is 11.5 Å². The number of benzene rings is 1. The first kappa shape index (κ1) is 8.80. The number of hydrogen-bond donors (Lipinski definition) is 1. The van der Waals surface area contributed by atoms with Crippen molar-refractivity contribution in [2.45, 2.75) is 0 Å². The van der Waals surface area contributed by atoms with E-state index in [4.69, 9.17) is 14.6 Å². The number of aromatic carboxylic acids is 1. The molecule has 1 aliphatic rings. The van der Waals surface area contributed by atoms with E-state index in [1.54, 1.807) is 0 Å². The molecule has 1 aliphatic heterocycles. The van der Waals surface area contributed by atoms with Gasteiger partial charge in [0.1, 0.15) is 24.6 Å². The Balaban J connectivity index is 2.60. The van der Waals surface area contributed by atoms with E-state index in [2.05, 4.69) is 0 Å². The highest BCUT2D eigenvalue weighted by molar-refractivity contribution is 5.92. The first-order chi connectivity index (χ1) is 6.70. The third-order valence-electron chi connectivity index (χ3n) is 1.87. The molecule has 0 amide bonds. The second kappa shape index (κ2) is 3.17. The Kier molecular flexibility index (Phi) is 1.99. The fourth-order valence-electron chi connectivity index (χ4n) is 1.29. The van der Waals surface area contributed by atoms with Crippen LogP contribution in [0.4, 0.5) is 4.39 Å². The average Bonchev–Trinajstić information content (AvgIpc) is 2.17. The Labute approximate surface area is 78.9 Å². The summed E-state index contributed by atoms with van der Waals surface area (Å²) in [6.07, 6.45) is 0. The van der Waals surface area contributed by atoms with E-state index in [1.807, 2.05) is 0 Å². The number of ether oxygens (including phenoxy) is 2. The van der Waals surface area contributed by atoms with Gasteiger partial charge in [-0.3, -0.25) is 0 Å². The molecular weight excluding hydrogens is 191 g/mol. The molecule has 1 aromatic rings. The predicted octanol–water partition coefficient (Wildman–Crippen LogP) is 1.30. The molecule has 0 bridgehead atoms. The zero-order valence-corrected chi connectivity index (χ0v) is 7.12. The van der Waals surface area contributed by atoms with Gasteiger partial charge in [0.05, 0.1) is 0 Å². The van der Waals surface area contributed by atoms with Gasteiger partial charge >= 0.3 is 5.97 Å². The van der Waals surface area contributed by atoms with Crippen molar-refractivity contribution in [1.82, 2.24) is 0 Å². The highest BCUT2D eigenvalue weighted by Gasteiger charge is 2.24. The van der Waals surface area contributed by atoms with Crippen LogP contribution in [0.2, 0.25) is 0 Å². The van der Waals surface area contributed by atoms with Crippen LogP contribution in [-0.4, -0.2) is 24.3 Å². The van der Waals surface area contributed by atoms with Crippen molar-refractivity contribution in [2.75, 3.05) is 13.2 Å². The minimum atomic E-state index is -1.36. The topological polar surface area (TPSA) is 55.8 Å². The van der Waals surface area contributed by atoms with Crippen LogP contribution in [0.3, 0.4) is 0 Å². The van der Waals surface area contributed by atoms with Crippen LogP contribution in [0.25, 0.3) is 0 Å². The van der Waals surface area contributed by atoms with E-state index < -0.39 is 17.3 Å². The Hall–Kier alpha value is -1.78. The van der Waals surface area contributed by atoms with Gasteiger partial charge in [0, 0.05) is 0 Å². The van der Waals surface area contributed by atoms with Gasteiger partial charge in [-0.15, -0.1) is 0 Å². The SMILES string of the molecule is O=C(O)c1c(F)ccc2c1OCCO2. The van der Waals surface area contributed by atoms with Gasteiger partial charge in [-0.05, 0) is 12.1 Å². The van der Waals surface area contributed by atoms with Crippen molar-refractivity contribution in [3.8, 4) is 11.5 Å². The summed E-state index contributed by atoms with van der Waals surface area (Å²) in [5, 5.41) is 8.75. The van der Waals surface area contributed by atoms with E-state index in [9.17, 15) is 9.18 Å². The van der Waals surface area contributed by atoms with Crippen molar-refractivity contribution in [3.05, 3.63) is 23.5 Å². The largest absolute Gasteiger partial charge is 0.486 e. The number of hydrogen-bond acceptors (Lipinski definition) is 3. The molecule has 0 radical (unpaired) electrons. The molecule has 1 aromatic carbocycles. The van der Waals surface area contributed by atoms with Gasteiger partial charge in [-0.1, -0.05) is 0 Å². The monoisotopic (exact) mass is 198 g/mol. The van der Waals surface area contributed by atoms with Gasteiger partial charge in [0.25, 0.3) is 0 Å². The van der Waals surface area contributed by atoms with Crippen LogP contribution < -0.4 is 9.47 Å². The summed E-state index contributed by atoms with van der Waals surface area (Å²) in [6.45, 7) is 0.578. The third-order valence-corrected chi connectivity index (χ3v) is 1.87. The van der Waals surface area contributed by atoms with Crippen molar-refractivity contribution in [3.63, 3.8) is 0 Å². The second-order valence-electron chi connectivity index (χ2n) is 2.75. The van der Waals surface area contributed by atoms with Crippen molar-refractivity contribution < 1.29 is 23.8 Å². The molecule has 0 aromatic heterocycles. The van der Waals surface area contributed by atoms with Crippen LogP contribution in [-0.2, 0) is 0 Å². The quantitative estimate of drug-likeness (QED) is 0.738. The summed E-state index contributed by atoms with van der Waals surface area (Å²) in [4.78, 5) is 10.7. The first-order valence-corrected chi connectivity index (χ1v) is 4.01. The lowest BCUT2D eigenvalue weighted by Crippen LogP contribution is -2.18. The molecular formula is C9H7FO4. The number of carbonyl (C=O) groups is 1. The van der Waals surface area contributed by atoms with Crippen LogP contribution in [0.15, 0.2) is 12.1 Å². The maximum Gasteiger partial charge on any atom is 0.342 e. The smallest absolute Gasteiger partial charge is 0.342 e. The first-order valence-electron chi connectivity index (χ1n) is 4.01. The number of carboxylic acid groups (broad SMARTS) is 1. The lowest BCUT2D eigenvalue weighted by molar-refractivity contribution is 0.0680. The minimum absolute atomic E-state index is 0.0243. The molecule has 2 rings (SSSR count). The molecule has 0 saturated heterocycles. The average molecular weight is 198 g/mol. The van der Waals surface area contributed by atoms with E-state index in [1.165, 1.54) is 6.07 Å². The Morgan fingerprint density at radius 2 is 2.07 bits per heavy atom. The predicted molar refractivity (Wildman–Crippen MR) is 44.3 cm³/mol. The molecule has 14 heavy (non-hydrogen) atoms. The number of rotatable bonds is 1. The summed E-state index contributed by atoms with van der Waals surface area (Å²) in [6, 6.07) is 2.41. The zero-order valence-electron chi connectivity index (χ0n) is 7.12. The Bertz CT molecular complexity index is 389. The number of halogens is 1. The fourth-order valence-corrected chi connectivity index (χ4v) is 1.29. The molecule has 0 atom stereocenters. The van der Waals surface area contributed by atoms with E-state index >= 15 is 0 Å². The molecule has 1 N–H and O–H groups in total. The minimum Gasteiger partial charge on any atom is -0.486 e. The highest BCUT2D eigenvalue weighted by atomic mass is 19.1. The molecule has 5 heteroatoms. The Morgan fingerprint density at radius 3 is 2.79 bits per heavy atom. The Morgan fingerprint density at radius 1 is 1.36 bits per heavy atom. The van der Waals surface area contributed by atoms with Crippen LogP contribution in [0.1, 0.15) is 10.4 Å². The van der Waals surface area contributed by atoms with Crippen LogP contribution >= 0.6 is 0 Å². The van der Waals surface area contributed by atoms with Gasteiger partial charge in [0.2, 0.25) is 0 Å².